The highest BCUT2D eigenvalue weighted by Gasteiger charge is 2.48. The zero-order valence-corrected chi connectivity index (χ0v) is 23.2. The first-order valence-electron chi connectivity index (χ1n) is 13.0. The fraction of sp³-hybridized carbons (Fsp3) is 0.519. The number of nitrogens with one attached hydrogen (secondary N) is 1. The van der Waals surface area contributed by atoms with Gasteiger partial charge in [-0.2, -0.15) is 0 Å². The smallest absolute Gasteiger partial charge is 0.335 e. The van der Waals surface area contributed by atoms with Crippen LogP contribution in [-0.4, -0.2) is 105 Å². The Morgan fingerprint density at radius 3 is 2.31 bits per heavy atom. The Bertz CT molecular complexity index is 1210. The van der Waals surface area contributed by atoms with E-state index in [1.54, 1.807) is 20.8 Å². The lowest BCUT2D eigenvalue weighted by molar-refractivity contribution is -0.271. The fourth-order valence-electron chi connectivity index (χ4n) is 3.77. The van der Waals surface area contributed by atoms with Crippen LogP contribution in [0.1, 0.15) is 32.8 Å². The summed E-state index contributed by atoms with van der Waals surface area (Å²) < 4.78 is 21.9. The average Bonchev–Trinajstić information content (AvgIpc) is 3.23. The van der Waals surface area contributed by atoms with Gasteiger partial charge >= 0.3 is 11.9 Å². The molecule has 1 saturated heterocycles. The number of aliphatic hydroxyl groups is 3. The molecule has 1 aromatic carbocycles. The van der Waals surface area contributed by atoms with Gasteiger partial charge in [0.25, 0.3) is 11.8 Å². The summed E-state index contributed by atoms with van der Waals surface area (Å²) in [6.45, 7) is 4.69. The topological polar surface area (TPSA) is 218 Å². The number of aliphatic hydroxyl groups excluding tert-OH is 3. The number of hydrogen-bond acceptors (Lipinski definition) is 12. The number of benzene rings is 1. The van der Waals surface area contributed by atoms with Crippen LogP contribution in [0.4, 0.5) is 0 Å². The minimum atomic E-state index is -1.88. The number of carboxylic acid groups (broad SMARTS) is 1. The number of rotatable bonds is 12. The van der Waals surface area contributed by atoms with Gasteiger partial charge in [0.1, 0.15) is 43.0 Å². The van der Waals surface area contributed by atoms with Gasteiger partial charge in [0.2, 0.25) is 12.2 Å². The molecule has 42 heavy (non-hydrogen) atoms. The first kappa shape index (κ1) is 32.5. The summed E-state index contributed by atoms with van der Waals surface area (Å²) in [5.41, 5.74) is -0.324. The van der Waals surface area contributed by atoms with Crippen LogP contribution in [0, 0.1) is 5.41 Å². The summed E-state index contributed by atoms with van der Waals surface area (Å²) in [4.78, 5) is 59.7. The van der Waals surface area contributed by atoms with E-state index in [2.05, 4.69) is 5.32 Å². The van der Waals surface area contributed by atoms with Crippen molar-refractivity contribution in [2.75, 3.05) is 19.7 Å². The summed E-state index contributed by atoms with van der Waals surface area (Å²) in [6, 6.07) is 4.31. The van der Waals surface area contributed by atoms with Crippen LogP contribution >= 0.6 is 0 Å². The van der Waals surface area contributed by atoms with Crippen molar-refractivity contribution in [2.24, 2.45) is 5.41 Å². The molecule has 230 valence electrons. The van der Waals surface area contributed by atoms with Gasteiger partial charge in [0.05, 0.1) is 12.0 Å². The third-order valence-corrected chi connectivity index (χ3v) is 6.18. The van der Waals surface area contributed by atoms with Crippen LogP contribution in [0.5, 0.6) is 11.5 Å². The van der Waals surface area contributed by atoms with Gasteiger partial charge in [-0.15, -0.1) is 0 Å². The largest absolute Gasteiger partial charge is 0.493 e. The molecule has 15 nitrogen and oxygen atoms in total. The Morgan fingerprint density at radius 2 is 1.69 bits per heavy atom. The lowest BCUT2D eigenvalue weighted by Gasteiger charge is -2.38. The highest BCUT2D eigenvalue weighted by Crippen LogP contribution is 2.30. The molecule has 2 aliphatic rings. The highest BCUT2D eigenvalue weighted by atomic mass is 16.7. The molecule has 0 bridgehead atoms. The van der Waals surface area contributed by atoms with Crippen LogP contribution in [0.3, 0.4) is 0 Å². The van der Waals surface area contributed by atoms with Gasteiger partial charge in [-0.1, -0.05) is 0 Å². The Balaban J connectivity index is 1.64. The number of imide groups is 1. The molecule has 1 unspecified atom stereocenters. The number of amides is 3. The summed E-state index contributed by atoms with van der Waals surface area (Å²) >= 11 is 0. The maximum Gasteiger partial charge on any atom is 0.335 e. The highest BCUT2D eigenvalue weighted by molar-refractivity contribution is 6.14. The van der Waals surface area contributed by atoms with E-state index in [0.29, 0.717) is 12.0 Å². The predicted octanol–water partition coefficient (Wildman–Crippen LogP) is -1.14. The molecule has 15 heteroatoms. The van der Waals surface area contributed by atoms with Crippen molar-refractivity contribution in [3.63, 3.8) is 0 Å². The molecule has 1 aromatic rings. The molecule has 3 amide bonds. The second-order valence-corrected chi connectivity index (χ2v) is 10.6. The van der Waals surface area contributed by atoms with Crippen LogP contribution < -0.4 is 14.8 Å². The predicted molar refractivity (Wildman–Crippen MR) is 140 cm³/mol. The number of aliphatic carboxylic acids is 1. The van der Waals surface area contributed by atoms with Gasteiger partial charge < -0.3 is 44.7 Å². The average molecular weight is 595 g/mol. The van der Waals surface area contributed by atoms with Gasteiger partial charge in [-0.05, 0) is 39.3 Å². The Labute approximate surface area is 240 Å². The molecule has 1 fully saturated rings. The zero-order chi connectivity index (χ0) is 31.2. The maximum absolute atomic E-state index is 12.3. The van der Waals surface area contributed by atoms with Gasteiger partial charge in [-0.3, -0.25) is 24.1 Å². The summed E-state index contributed by atoms with van der Waals surface area (Å²) in [7, 11) is 0. The number of carboxylic acids is 1. The molecule has 0 radical (unpaired) electrons. The van der Waals surface area contributed by atoms with E-state index >= 15 is 0 Å². The molecule has 0 saturated carbocycles. The van der Waals surface area contributed by atoms with Gasteiger partial charge in [0.15, 0.2) is 6.10 Å². The lowest BCUT2D eigenvalue weighted by atomic mass is 9.97. The van der Waals surface area contributed by atoms with Crippen LogP contribution in [0.25, 0.3) is 0 Å². The third-order valence-electron chi connectivity index (χ3n) is 6.18. The molecular weight excluding hydrogens is 560 g/mol. The van der Waals surface area contributed by atoms with Crippen molar-refractivity contribution in [3.8, 4) is 11.5 Å². The first-order valence-corrected chi connectivity index (χ1v) is 13.0. The van der Waals surface area contributed by atoms with E-state index in [1.807, 2.05) is 0 Å². The van der Waals surface area contributed by atoms with Crippen LogP contribution in [0.2, 0.25) is 0 Å². The summed E-state index contributed by atoms with van der Waals surface area (Å²) in [6.07, 6.45) is -6.57. The van der Waals surface area contributed by atoms with E-state index in [1.165, 1.54) is 18.2 Å². The normalized spacial score (nSPS) is 24.0. The van der Waals surface area contributed by atoms with Crippen molar-refractivity contribution in [1.82, 2.24) is 10.2 Å². The minimum absolute atomic E-state index is 0.0366. The maximum atomic E-state index is 12.3. The monoisotopic (exact) mass is 594 g/mol. The Morgan fingerprint density at radius 1 is 1.02 bits per heavy atom. The molecule has 2 aliphatic heterocycles. The summed E-state index contributed by atoms with van der Waals surface area (Å²) in [5, 5.41) is 42.0. The quantitative estimate of drug-likeness (QED) is 0.110. The second kappa shape index (κ2) is 13.7. The SMILES string of the molecule is CC(C)(C)C(=O)OCc1ccc(O[C@@H]2OC(C(=O)O)[C@@H](O)[C@H](O)[C@H]2O)cc1OCCCNC(=O)CN1C(=O)C=CC1=O. The molecule has 0 spiro atoms. The minimum Gasteiger partial charge on any atom is -0.493 e. The fourth-order valence-corrected chi connectivity index (χ4v) is 3.77. The number of nitrogens with zero attached hydrogens (tertiary/aromatic N) is 1. The number of carbonyl (C=O) groups excluding carboxylic acids is 4. The second-order valence-electron chi connectivity index (χ2n) is 10.6. The van der Waals surface area contributed by atoms with E-state index in [0.717, 1.165) is 17.1 Å². The van der Waals surface area contributed by atoms with Crippen molar-refractivity contribution in [2.45, 2.75) is 64.5 Å². The number of esters is 1. The van der Waals surface area contributed by atoms with Gasteiger partial charge in [0, 0.05) is 30.3 Å². The standard InChI is InChI=1S/C27H34N2O13/c1-27(2,3)26(38)40-13-14-5-6-15(41-25-22(35)20(33)21(34)23(42-25)24(36)37)11-16(14)39-10-4-9-28-17(30)12-29-18(31)7-8-19(29)32/h5-8,11,20-23,25,33-35H,4,9-10,12-13H2,1-3H3,(H,28,30)(H,36,37)/t20-,21-,22+,23?,25+/m0/s1. The van der Waals surface area contributed by atoms with Crippen molar-refractivity contribution in [3.05, 3.63) is 35.9 Å². The van der Waals surface area contributed by atoms with Crippen molar-refractivity contribution in [1.29, 1.82) is 0 Å². The Hall–Kier alpha value is -4.05. The number of hydrogen-bond donors (Lipinski definition) is 5. The molecule has 0 aliphatic carbocycles. The van der Waals surface area contributed by atoms with E-state index < -0.39 is 72.3 Å². The number of ether oxygens (including phenoxy) is 4. The lowest BCUT2D eigenvalue weighted by Crippen LogP contribution is -2.61. The molecule has 3 rings (SSSR count). The molecule has 0 aromatic heterocycles. The molecular formula is C27H34N2O13. The van der Waals surface area contributed by atoms with E-state index in [4.69, 9.17) is 18.9 Å². The van der Waals surface area contributed by atoms with Crippen LogP contribution in [0.15, 0.2) is 30.4 Å². The Kier molecular flexibility index (Phi) is 10.6. The zero-order valence-electron chi connectivity index (χ0n) is 23.2. The van der Waals surface area contributed by atoms with E-state index in [9.17, 15) is 44.4 Å². The first-order chi connectivity index (χ1) is 19.7. The molecule has 5 atom stereocenters. The van der Waals surface area contributed by atoms with Gasteiger partial charge in [-0.25, -0.2) is 4.79 Å². The van der Waals surface area contributed by atoms with Crippen molar-refractivity contribution < 1.29 is 63.3 Å². The number of carbonyl (C=O) groups is 5. The summed E-state index contributed by atoms with van der Waals surface area (Å²) in [5.74, 6) is -3.48. The third kappa shape index (κ3) is 8.25. The molecule has 2 heterocycles. The molecule has 5 N–H and O–H groups in total. The van der Waals surface area contributed by atoms with E-state index in [-0.39, 0.29) is 31.3 Å². The van der Waals surface area contributed by atoms with Crippen LogP contribution in [-0.2, 0) is 40.1 Å². The van der Waals surface area contributed by atoms with Crippen molar-refractivity contribution >= 4 is 29.7 Å².